The lowest BCUT2D eigenvalue weighted by Gasteiger charge is -2.32. The molecule has 2 aromatic carbocycles. The number of benzene rings is 2. The zero-order chi connectivity index (χ0) is 24.5. The lowest BCUT2D eigenvalue weighted by molar-refractivity contribution is -0.138. The summed E-state index contributed by atoms with van der Waals surface area (Å²) in [5.41, 5.74) is 0.135. The van der Waals surface area contributed by atoms with Crippen molar-refractivity contribution in [2.45, 2.75) is 77.5 Å². The second-order valence-corrected chi connectivity index (χ2v) is 10.4. The summed E-state index contributed by atoms with van der Waals surface area (Å²) in [7, 11) is 0. The first-order valence-corrected chi connectivity index (χ1v) is 12.5. The number of aliphatic hydroxyl groups is 2. The van der Waals surface area contributed by atoms with E-state index in [9.17, 15) is 23.4 Å². The van der Waals surface area contributed by atoms with Crippen LogP contribution in [0.2, 0.25) is 0 Å². The quantitative estimate of drug-likeness (QED) is 0.501. The van der Waals surface area contributed by atoms with Crippen molar-refractivity contribution in [1.82, 2.24) is 4.90 Å². The van der Waals surface area contributed by atoms with E-state index in [-0.39, 0.29) is 23.2 Å². The smallest absolute Gasteiger partial charge is 0.420 e. The monoisotopic (exact) mass is 479 g/mol. The fraction of sp³-hybridized carbons (Fsp3) is 0.630. The third-order valence-electron chi connectivity index (χ3n) is 7.75. The van der Waals surface area contributed by atoms with E-state index in [1.54, 1.807) is 18.2 Å². The summed E-state index contributed by atoms with van der Waals surface area (Å²) in [6, 6.07) is 8.47. The lowest BCUT2D eigenvalue weighted by Crippen LogP contribution is -2.37. The van der Waals surface area contributed by atoms with Crippen LogP contribution >= 0.6 is 0 Å². The molecule has 0 bridgehead atoms. The average Bonchev–Trinajstić information content (AvgIpc) is 2.78. The van der Waals surface area contributed by atoms with Gasteiger partial charge in [0.25, 0.3) is 0 Å². The number of hydrogen-bond acceptors (Lipinski definition) is 4. The predicted molar refractivity (Wildman–Crippen MR) is 126 cm³/mol. The molecule has 188 valence electrons. The highest BCUT2D eigenvalue weighted by molar-refractivity contribution is 5.89. The van der Waals surface area contributed by atoms with Gasteiger partial charge in [-0.1, -0.05) is 32.0 Å². The average molecular weight is 480 g/mol. The molecule has 2 N–H and O–H groups in total. The highest BCUT2D eigenvalue weighted by Gasteiger charge is 2.37. The number of hydrogen-bond donors (Lipinski definition) is 2. The number of alkyl halides is 3. The number of fused-ring (bicyclic) bond motifs is 1. The van der Waals surface area contributed by atoms with Gasteiger partial charge in [0.05, 0.1) is 6.10 Å². The van der Waals surface area contributed by atoms with E-state index >= 15 is 0 Å². The van der Waals surface area contributed by atoms with E-state index in [4.69, 9.17) is 4.74 Å². The van der Waals surface area contributed by atoms with Gasteiger partial charge in [-0.25, -0.2) is 0 Å². The van der Waals surface area contributed by atoms with Crippen molar-refractivity contribution in [3.05, 3.63) is 41.5 Å². The molecule has 0 spiro atoms. The highest BCUT2D eigenvalue weighted by Crippen LogP contribution is 2.43. The fourth-order valence-electron chi connectivity index (χ4n) is 5.56. The molecule has 0 atom stereocenters. The number of aliphatic hydroxyl groups excluding tert-OH is 1. The van der Waals surface area contributed by atoms with E-state index in [2.05, 4.69) is 18.7 Å². The van der Waals surface area contributed by atoms with Gasteiger partial charge in [0, 0.05) is 12.5 Å². The minimum atomic E-state index is -4.52. The van der Waals surface area contributed by atoms with E-state index in [0.29, 0.717) is 49.7 Å². The maximum atomic E-state index is 14.3. The number of rotatable bonds is 6. The van der Waals surface area contributed by atoms with Crippen molar-refractivity contribution < 1.29 is 28.1 Å². The Morgan fingerprint density at radius 2 is 1.59 bits per heavy atom. The molecule has 0 amide bonds. The normalized spacial score (nSPS) is 23.2. The van der Waals surface area contributed by atoms with E-state index < -0.39 is 18.0 Å². The highest BCUT2D eigenvalue weighted by atomic mass is 19.4. The molecule has 0 aromatic heterocycles. The fourth-order valence-corrected chi connectivity index (χ4v) is 5.56. The number of halogens is 3. The molecule has 1 aliphatic carbocycles. The van der Waals surface area contributed by atoms with Crippen LogP contribution in [0.3, 0.4) is 0 Å². The Bertz CT molecular complexity index is 954. The molecule has 0 unspecified atom stereocenters. The molecule has 34 heavy (non-hydrogen) atoms. The van der Waals surface area contributed by atoms with Gasteiger partial charge in [0.1, 0.15) is 11.3 Å². The Kier molecular flexibility index (Phi) is 7.75. The van der Waals surface area contributed by atoms with Crippen LogP contribution in [0.1, 0.15) is 63.5 Å². The van der Waals surface area contributed by atoms with Crippen LogP contribution in [0, 0.1) is 17.8 Å². The Balaban J connectivity index is 1.55. The van der Waals surface area contributed by atoms with Gasteiger partial charge in [-0.05, 0) is 91.9 Å². The third kappa shape index (κ3) is 5.86. The van der Waals surface area contributed by atoms with Crippen LogP contribution in [-0.4, -0.2) is 40.6 Å². The molecular formula is C27H36F3NO3. The second kappa shape index (κ2) is 10.4. The molecule has 4 rings (SSSR count). The largest absolute Gasteiger partial charge is 0.490 e. The van der Waals surface area contributed by atoms with Crippen molar-refractivity contribution in [3.8, 4) is 5.75 Å². The lowest BCUT2D eigenvalue weighted by atomic mass is 9.80. The minimum Gasteiger partial charge on any atom is -0.490 e. The molecule has 2 aliphatic rings. The summed E-state index contributed by atoms with van der Waals surface area (Å²) in [5.74, 6) is 1.000. The summed E-state index contributed by atoms with van der Waals surface area (Å²) in [4.78, 5) is 2.15. The zero-order valence-electron chi connectivity index (χ0n) is 20.0. The number of piperidine rings is 1. The first-order valence-electron chi connectivity index (χ1n) is 12.5. The molecule has 4 nitrogen and oxygen atoms in total. The molecule has 2 aromatic rings. The molecule has 0 radical (unpaired) electrons. The van der Waals surface area contributed by atoms with E-state index in [0.717, 1.165) is 31.2 Å². The molecule has 2 fully saturated rings. The summed E-state index contributed by atoms with van der Waals surface area (Å²) in [6.45, 7) is 6.31. The Hall–Kier alpha value is -1.83. The predicted octanol–water partition coefficient (Wildman–Crippen LogP) is 5.97. The van der Waals surface area contributed by atoms with Crippen LogP contribution in [0.4, 0.5) is 13.2 Å². The van der Waals surface area contributed by atoms with Gasteiger partial charge in [-0.3, -0.25) is 4.90 Å². The molecule has 7 heteroatoms. The van der Waals surface area contributed by atoms with Gasteiger partial charge < -0.3 is 14.9 Å². The molecule has 1 saturated carbocycles. The molecule has 1 aliphatic heterocycles. The summed E-state index contributed by atoms with van der Waals surface area (Å²) in [6.07, 6.45) is -1.12. The summed E-state index contributed by atoms with van der Waals surface area (Å²) >= 11 is 0. The van der Waals surface area contributed by atoms with E-state index in [1.165, 1.54) is 6.07 Å². The number of likely N-dealkylation sites (tertiary alicyclic amines) is 1. The molecule has 1 heterocycles. The second-order valence-electron chi connectivity index (χ2n) is 10.4. The molecule has 1 saturated heterocycles. The van der Waals surface area contributed by atoms with Gasteiger partial charge in [-0.15, -0.1) is 0 Å². The minimum absolute atomic E-state index is 0.0668. The van der Waals surface area contributed by atoms with Gasteiger partial charge in [-0.2, -0.15) is 13.2 Å². The number of nitrogens with zero attached hydrogens (tertiary/aromatic N) is 1. The van der Waals surface area contributed by atoms with Gasteiger partial charge in [0.15, 0.2) is 6.29 Å². The first-order chi connectivity index (χ1) is 16.1. The zero-order valence-corrected chi connectivity index (χ0v) is 20.0. The molecular weight excluding hydrogens is 443 g/mol. The number of ether oxygens (including phenoxy) is 1. The Labute approximate surface area is 199 Å². The van der Waals surface area contributed by atoms with Crippen molar-refractivity contribution in [1.29, 1.82) is 0 Å². The van der Waals surface area contributed by atoms with Crippen LogP contribution in [0.25, 0.3) is 10.8 Å². The van der Waals surface area contributed by atoms with Crippen LogP contribution in [0.5, 0.6) is 5.75 Å². The Morgan fingerprint density at radius 3 is 2.18 bits per heavy atom. The van der Waals surface area contributed by atoms with Crippen molar-refractivity contribution in [3.63, 3.8) is 0 Å². The van der Waals surface area contributed by atoms with Crippen molar-refractivity contribution in [2.24, 2.45) is 17.8 Å². The van der Waals surface area contributed by atoms with E-state index in [1.807, 2.05) is 6.07 Å². The summed E-state index contributed by atoms with van der Waals surface area (Å²) < 4.78 is 48.8. The third-order valence-corrected chi connectivity index (χ3v) is 7.75. The van der Waals surface area contributed by atoms with Crippen molar-refractivity contribution in [2.75, 3.05) is 13.1 Å². The summed E-state index contributed by atoms with van der Waals surface area (Å²) in [5, 5.41) is 19.5. The Morgan fingerprint density at radius 1 is 0.941 bits per heavy atom. The standard InChI is InChI=1S/C27H36F3NO3/c1-17(2)19-5-8-22(9-6-19)34-24-10-7-20-4-3-18(15-23(20)25(24)27(28,29)30)16-31-13-11-21(12-14-31)26(32)33/h3-4,7,10,15,17,19,21-22,26,32-33H,5-6,8-9,11-14,16H2,1-2H3. The van der Waals surface area contributed by atoms with Crippen LogP contribution in [0.15, 0.2) is 30.3 Å². The first kappa shape index (κ1) is 25.3. The SMILES string of the molecule is CC(C)C1CCC(Oc2ccc3ccc(CN4CCC(C(O)O)CC4)cc3c2C(F)(F)F)CC1. The topological polar surface area (TPSA) is 52.9 Å². The maximum absolute atomic E-state index is 14.3. The van der Waals surface area contributed by atoms with Crippen LogP contribution in [-0.2, 0) is 12.7 Å². The van der Waals surface area contributed by atoms with Crippen molar-refractivity contribution >= 4 is 10.8 Å². The van der Waals surface area contributed by atoms with Gasteiger partial charge >= 0.3 is 6.18 Å². The maximum Gasteiger partial charge on any atom is 0.420 e. The van der Waals surface area contributed by atoms with Gasteiger partial charge in [0.2, 0.25) is 0 Å². The van der Waals surface area contributed by atoms with Crippen LogP contribution < -0.4 is 4.74 Å².